The Kier molecular flexibility index (Phi) is 5.64. The first-order chi connectivity index (χ1) is 16.3. The number of benzene rings is 1. The van der Waals surface area contributed by atoms with E-state index in [1.165, 1.54) is 11.3 Å². The molecule has 3 aromatic rings. The molecule has 33 heavy (non-hydrogen) atoms. The minimum Gasteiger partial charge on any atom is -0.488 e. The number of morpholine rings is 1. The zero-order valence-corrected chi connectivity index (χ0v) is 18.8. The third-order valence-electron chi connectivity index (χ3n) is 7.13. The number of hydrogen-bond donors (Lipinski definition) is 0. The van der Waals surface area contributed by atoms with E-state index in [0.717, 1.165) is 93.0 Å². The normalized spacial score (nSPS) is 22.5. The summed E-state index contributed by atoms with van der Waals surface area (Å²) in [5.74, 6) is 1.51. The van der Waals surface area contributed by atoms with Crippen LogP contribution in [0, 0.1) is 5.92 Å². The Morgan fingerprint density at radius 1 is 0.970 bits per heavy atom. The largest absolute Gasteiger partial charge is 0.488 e. The van der Waals surface area contributed by atoms with Crippen molar-refractivity contribution in [2.45, 2.75) is 44.6 Å². The standard InChI is InChI=1S/C26H29N5O2/c1-2-21-22(3-1)29-17-30-23(21)14-18-4-6-20(7-5-18)33-25-16-19(31-10-12-32-13-11-31)15-24-26(25)28-9-8-27-24/h1,3,8-9,15-18,20H,2,4-7,10-14H2. The molecule has 2 aromatic heterocycles. The molecule has 2 fully saturated rings. The quantitative estimate of drug-likeness (QED) is 0.590. The lowest BCUT2D eigenvalue weighted by Gasteiger charge is -2.31. The van der Waals surface area contributed by atoms with E-state index in [1.54, 1.807) is 18.7 Å². The number of rotatable bonds is 5. The van der Waals surface area contributed by atoms with Gasteiger partial charge < -0.3 is 14.4 Å². The lowest BCUT2D eigenvalue weighted by Crippen LogP contribution is -2.36. The second-order valence-corrected chi connectivity index (χ2v) is 9.22. The molecule has 170 valence electrons. The number of anilines is 1. The Labute approximate surface area is 193 Å². The average molecular weight is 444 g/mol. The molecule has 0 spiro atoms. The molecule has 0 N–H and O–H groups in total. The summed E-state index contributed by atoms with van der Waals surface area (Å²) < 4.78 is 12.1. The molecule has 1 aliphatic heterocycles. The van der Waals surface area contributed by atoms with Crippen LogP contribution in [0.25, 0.3) is 17.1 Å². The highest BCUT2D eigenvalue weighted by Gasteiger charge is 2.26. The lowest BCUT2D eigenvalue weighted by atomic mass is 9.83. The summed E-state index contributed by atoms with van der Waals surface area (Å²) in [6.07, 6.45) is 16.2. The van der Waals surface area contributed by atoms with Crippen LogP contribution in [0.4, 0.5) is 5.69 Å². The average Bonchev–Trinajstić information content (AvgIpc) is 3.36. The third kappa shape index (κ3) is 4.29. The van der Waals surface area contributed by atoms with Crippen molar-refractivity contribution in [1.82, 2.24) is 19.9 Å². The molecule has 2 aliphatic carbocycles. The van der Waals surface area contributed by atoms with Gasteiger partial charge in [0.1, 0.15) is 17.6 Å². The summed E-state index contributed by atoms with van der Waals surface area (Å²) >= 11 is 0. The maximum atomic E-state index is 6.58. The molecule has 1 saturated heterocycles. The first-order valence-electron chi connectivity index (χ1n) is 12.1. The van der Waals surface area contributed by atoms with Gasteiger partial charge in [0.25, 0.3) is 0 Å². The molecule has 0 bridgehead atoms. The van der Waals surface area contributed by atoms with Crippen LogP contribution >= 0.6 is 0 Å². The first kappa shape index (κ1) is 20.5. The fourth-order valence-corrected chi connectivity index (χ4v) is 5.32. The Hall–Kier alpha value is -3.06. The van der Waals surface area contributed by atoms with E-state index in [2.05, 4.69) is 49.1 Å². The van der Waals surface area contributed by atoms with E-state index in [-0.39, 0.29) is 6.10 Å². The van der Waals surface area contributed by atoms with Crippen molar-refractivity contribution in [2.24, 2.45) is 5.92 Å². The van der Waals surface area contributed by atoms with E-state index in [4.69, 9.17) is 9.47 Å². The Morgan fingerprint density at radius 3 is 2.70 bits per heavy atom. The molecule has 3 aliphatic rings. The van der Waals surface area contributed by atoms with Gasteiger partial charge in [0.2, 0.25) is 0 Å². The summed E-state index contributed by atoms with van der Waals surface area (Å²) in [6.45, 7) is 3.28. The number of hydrogen-bond acceptors (Lipinski definition) is 7. The van der Waals surface area contributed by atoms with Crippen molar-refractivity contribution in [3.63, 3.8) is 0 Å². The zero-order valence-electron chi connectivity index (χ0n) is 18.8. The second kappa shape index (κ2) is 9.06. The van der Waals surface area contributed by atoms with Gasteiger partial charge in [0, 0.05) is 48.5 Å². The number of allylic oxidation sites excluding steroid dienone is 1. The molecule has 3 heterocycles. The Balaban J connectivity index is 1.15. The monoisotopic (exact) mass is 443 g/mol. The van der Waals surface area contributed by atoms with Gasteiger partial charge in [-0.1, -0.05) is 6.08 Å². The van der Waals surface area contributed by atoms with Crippen LogP contribution in [0.2, 0.25) is 0 Å². The zero-order chi connectivity index (χ0) is 22.0. The SMILES string of the molecule is C1=Cc2ncnc(CC3CCC(Oc4cc(N5CCOCC5)cc5nccnc45)CC3)c2C1. The number of nitrogens with zero attached hydrogens (tertiary/aromatic N) is 5. The van der Waals surface area contributed by atoms with E-state index in [0.29, 0.717) is 5.92 Å². The van der Waals surface area contributed by atoms with Gasteiger partial charge >= 0.3 is 0 Å². The van der Waals surface area contributed by atoms with Crippen LogP contribution in [0.3, 0.4) is 0 Å². The second-order valence-electron chi connectivity index (χ2n) is 9.22. The predicted molar refractivity (Wildman–Crippen MR) is 127 cm³/mol. The third-order valence-corrected chi connectivity index (χ3v) is 7.13. The van der Waals surface area contributed by atoms with E-state index >= 15 is 0 Å². The first-order valence-corrected chi connectivity index (χ1v) is 12.1. The fraction of sp³-hybridized carbons (Fsp3) is 0.462. The van der Waals surface area contributed by atoms with Crippen molar-refractivity contribution in [2.75, 3.05) is 31.2 Å². The minimum absolute atomic E-state index is 0.212. The molecule has 0 radical (unpaired) electrons. The molecule has 1 aromatic carbocycles. The van der Waals surface area contributed by atoms with Crippen molar-refractivity contribution in [3.8, 4) is 5.75 Å². The maximum Gasteiger partial charge on any atom is 0.149 e. The molecule has 7 heteroatoms. The summed E-state index contributed by atoms with van der Waals surface area (Å²) in [5.41, 5.74) is 6.53. The molecular formula is C26H29N5O2. The number of ether oxygens (including phenoxy) is 2. The minimum atomic E-state index is 0.212. The molecule has 0 amide bonds. The highest BCUT2D eigenvalue weighted by atomic mass is 16.5. The van der Waals surface area contributed by atoms with Gasteiger partial charge in [0.05, 0.1) is 30.5 Å². The molecular weight excluding hydrogens is 414 g/mol. The summed E-state index contributed by atoms with van der Waals surface area (Å²) in [5, 5.41) is 0. The summed E-state index contributed by atoms with van der Waals surface area (Å²) in [4.78, 5) is 20.5. The fourth-order valence-electron chi connectivity index (χ4n) is 5.32. The lowest BCUT2D eigenvalue weighted by molar-refractivity contribution is 0.122. The van der Waals surface area contributed by atoms with Gasteiger partial charge in [0.15, 0.2) is 0 Å². The molecule has 1 saturated carbocycles. The van der Waals surface area contributed by atoms with Crippen LogP contribution in [0.15, 0.2) is 36.9 Å². The maximum absolute atomic E-state index is 6.58. The van der Waals surface area contributed by atoms with E-state index in [9.17, 15) is 0 Å². The van der Waals surface area contributed by atoms with Gasteiger partial charge in [-0.25, -0.2) is 15.0 Å². The van der Waals surface area contributed by atoms with E-state index < -0.39 is 0 Å². The highest BCUT2D eigenvalue weighted by molar-refractivity contribution is 5.85. The van der Waals surface area contributed by atoms with Crippen molar-refractivity contribution >= 4 is 22.8 Å². The summed E-state index contributed by atoms with van der Waals surface area (Å²) in [7, 11) is 0. The highest BCUT2D eigenvalue weighted by Crippen LogP contribution is 2.35. The number of aromatic nitrogens is 4. The van der Waals surface area contributed by atoms with Crippen molar-refractivity contribution in [3.05, 3.63) is 53.9 Å². The number of fused-ring (bicyclic) bond motifs is 2. The Morgan fingerprint density at radius 2 is 1.82 bits per heavy atom. The van der Waals surface area contributed by atoms with Crippen LogP contribution in [-0.2, 0) is 17.6 Å². The van der Waals surface area contributed by atoms with Crippen LogP contribution in [0.5, 0.6) is 5.75 Å². The molecule has 0 atom stereocenters. The Bertz CT molecular complexity index is 1170. The smallest absolute Gasteiger partial charge is 0.149 e. The van der Waals surface area contributed by atoms with Crippen LogP contribution in [-0.4, -0.2) is 52.3 Å². The van der Waals surface area contributed by atoms with Gasteiger partial charge in [-0.2, -0.15) is 0 Å². The summed E-state index contributed by atoms with van der Waals surface area (Å²) in [6, 6.07) is 4.26. The van der Waals surface area contributed by atoms with Gasteiger partial charge in [-0.15, -0.1) is 0 Å². The topological polar surface area (TPSA) is 73.3 Å². The van der Waals surface area contributed by atoms with E-state index in [1.807, 2.05) is 0 Å². The molecule has 0 unspecified atom stereocenters. The predicted octanol–water partition coefficient (Wildman–Crippen LogP) is 4.01. The van der Waals surface area contributed by atoms with Crippen LogP contribution in [0.1, 0.15) is 42.6 Å². The van der Waals surface area contributed by atoms with Crippen LogP contribution < -0.4 is 9.64 Å². The van der Waals surface area contributed by atoms with Gasteiger partial charge in [-0.05, 0) is 56.6 Å². The molecule has 7 nitrogen and oxygen atoms in total. The van der Waals surface area contributed by atoms with Gasteiger partial charge in [-0.3, -0.25) is 4.98 Å². The van der Waals surface area contributed by atoms with Crippen molar-refractivity contribution in [1.29, 1.82) is 0 Å². The van der Waals surface area contributed by atoms with Crippen molar-refractivity contribution < 1.29 is 9.47 Å². The molecule has 6 rings (SSSR count).